The number of amides is 2. The van der Waals surface area contributed by atoms with Crippen LogP contribution in [-0.4, -0.2) is 39.5 Å². The Labute approximate surface area is 178 Å². The van der Waals surface area contributed by atoms with Gasteiger partial charge in [0.05, 0.1) is 22.2 Å². The Kier molecular flexibility index (Phi) is 5.43. The number of hydrogen-bond acceptors (Lipinski definition) is 5. The zero-order chi connectivity index (χ0) is 20.5. The van der Waals surface area contributed by atoms with Crippen LogP contribution in [-0.2, 0) is 9.59 Å². The number of rotatable bonds is 4. The lowest BCUT2D eigenvalue weighted by Gasteiger charge is -2.25. The fourth-order valence-corrected chi connectivity index (χ4v) is 4.16. The van der Waals surface area contributed by atoms with E-state index in [4.69, 9.17) is 11.6 Å². The lowest BCUT2D eigenvalue weighted by molar-refractivity contribution is -0.125. The summed E-state index contributed by atoms with van der Waals surface area (Å²) in [7, 11) is 0. The molecule has 0 fully saturated rings. The number of anilines is 1. The second-order valence-corrected chi connectivity index (χ2v) is 8.39. The number of nitrogens with one attached hydrogen (secondary N) is 1. The predicted octanol–water partition coefficient (Wildman–Crippen LogP) is 4.33. The number of carbonyl (C=O) groups excluding carboxylic acids is 2. The first kappa shape index (κ1) is 19.7. The highest BCUT2D eigenvalue weighted by Crippen LogP contribution is 2.34. The molecule has 2 aliphatic heterocycles. The number of benzene rings is 2. The van der Waals surface area contributed by atoms with Crippen LogP contribution in [0.15, 0.2) is 58.5 Å². The molecule has 2 aromatic carbocycles. The number of para-hydroxylation sites is 2. The Bertz CT molecular complexity index is 1050. The van der Waals surface area contributed by atoms with Crippen molar-refractivity contribution in [1.82, 2.24) is 4.90 Å². The number of halogens is 1. The average Bonchev–Trinajstić information content (AvgIpc) is 3.06. The van der Waals surface area contributed by atoms with Crippen LogP contribution in [0.4, 0.5) is 11.4 Å². The Hall–Kier alpha value is -2.64. The molecule has 0 radical (unpaired) electrons. The van der Waals surface area contributed by atoms with Crippen LogP contribution in [0.25, 0.3) is 0 Å². The highest BCUT2D eigenvalue weighted by molar-refractivity contribution is 8.14. The highest BCUT2D eigenvalue weighted by atomic mass is 35.5. The van der Waals surface area contributed by atoms with Crippen LogP contribution in [0.1, 0.15) is 19.4 Å². The Balaban J connectivity index is 1.56. The fraction of sp³-hybridized carbons (Fsp3) is 0.238. The standard InChI is InChI=1S/C21H19ClN4O2S/c1-12(2)18-20(28)26-19(25-18)13-7-3-5-9-15(13)24-21(26)29-11-17(27)23-16-10-6-4-8-14(16)22/h3-10,12,18H,11H2,1-2H3,(H,23,27)/t18-/m1/s1. The van der Waals surface area contributed by atoms with E-state index in [1.165, 1.54) is 11.8 Å². The number of nitrogens with zero attached hydrogens (tertiary/aromatic N) is 3. The molecular formula is C21H19ClN4O2S. The molecule has 2 amide bonds. The number of hydrogen-bond donors (Lipinski definition) is 1. The zero-order valence-electron chi connectivity index (χ0n) is 15.9. The smallest absolute Gasteiger partial charge is 0.259 e. The van der Waals surface area contributed by atoms with E-state index in [1.807, 2.05) is 38.1 Å². The Morgan fingerprint density at radius 3 is 2.69 bits per heavy atom. The summed E-state index contributed by atoms with van der Waals surface area (Å²) in [5, 5.41) is 3.72. The molecule has 0 bridgehead atoms. The molecule has 0 spiro atoms. The largest absolute Gasteiger partial charge is 0.324 e. The monoisotopic (exact) mass is 426 g/mol. The van der Waals surface area contributed by atoms with Crippen molar-refractivity contribution >= 4 is 57.6 Å². The molecule has 2 heterocycles. The van der Waals surface area contributed by atoms with Gasteiger partial charge in [-0.25, -0.2) is 9.89 Å². The summed E-state index contributed by atoms with van der Waals surface area (Å²) < 4.78 is 0. The molecule has 1 N–H and O–H groups in total. The molecule has 0 unspecified atom stereocenters. The van der Waals surface area contributed by atoms with Crippen LogP contribution in [0, 0.1) is 5.92 Å². The lowest BCUT2D eigenvalue weighted by atomic mass is 10.1. The summed E-state index contributed by atoms with van der Waals surface area (Å²) in [5.41, 5.74) is 2.12. The van der Waals surface area contributed by atoms with Crippen LogP contribution in [0.2, 0.25) is 5.02 Å². The maximum absolute atomic E-state index is 13.0. The normalized spacial score (nSPS) is 17.6. The summed E-state index contributed by atoms with van der Waals surface area (Å²) in [5.74, 6) is 0.434. The van der Waals surface area contributed by atoms with E-state index in [-0.39, 0.29) is 23.5 Å². The molecule has 0 aliphatic carbocycles. The van der Waals surface area contributed by atoms with Crippen molar-refractivity contribution in [3.63, 3.8) is 0 Å². The third-order valence-corrected chi connectivity index (χ3v) is 5.88. The van der Waals surface area contributed by atoms with E-state index in [9.17, 15) is 9.59 Å². The van der Waals surface area contributed by atoms with Gasteiger partial charge in [0.25, 0.3) is 5.91 Å². The van der Waals surface area contributed by atoms with E-state index in [0.717, 1.165) is 11.3 Å². The summed E-state index contributed by atoms with van der Waals surface area (Å²) >= 11 is 7.30. The molecule has 148 valence electrons. The van der Waals surface area contributed by atoms with Gasteiger partial charge in [0.15, 0.2) is 5.17 Å². The van der Waals surface area contributed by atoms with Crippen molar-refractivity contribution in [3.05, 3.63) is 59.1 Å². The predicted molar refractivity (Wildman–Crippen MR) is 118 cm³/mol. The van der Waals surface area contributed by atoms with Gasteiger partial charge in [-0.3, -0.25) is 14.6 Å². The summed E-state index contributed by atoms with van der Waals surface area (Å²) in [4.78, 5) is 36.2. The Morgan fingerprint density at radius 2 is 1.93 bits per heavy atom. The van der Waals surface area contributed by atoms with E-state index in [1.54, 1.807) is 29.2 Å². The minimum absolute atomic E-state index is 0.0718. The van der Waals surface area contributed by atoms with Gasteiger partial charge in [0.2, 0.25) is 5.91 Å². The topological polar surface area (TPSA) is 74.1 Å². The molecule has 29 heavy (non-hydrogen) atoms. The van der Waals surface area contributed by atoms with Gasteiger partial charge in [-0.2, -0.15) is 0 Å². The van der Waals surface area contributed by atoms with Crippen LogP contribution >= 0.6 is 23.4 Å². The van der Waals surface area contributed by atoms with E-state index in [0.29, 0.717) is 21.7 Å². The molecule has 1 atom stereocenters. The van der Waals surface area contributed by atoms with Crippen LogP contribution < -0.4 is 5.32 Å². The van der Waals surface area contributed by atoms with Gasteiger partial charge in [-0.1, -0.05) is 61.5 Å². The first-order chi connectivity index (χ1) is 14.0. The molecule has 0 saturated carbocycles. The van der Waals surface area contributed by atoms with Crippen LogP contribution in [0.3, 0.4) is 0 Å². The minimum atomic E-state index is -0.445. The third kappa shape index (κ3) is 3.80. The number of fused-ring (bicyclic) bond motifs is 3. The average molecular weight is 427 g/mol. The fourth-order valence-electron chi connectivity index (χ4n) is 3.18. The summed E-state index contributed by atoms with van der Waals surface area (Å²) in [6.45, 7) is 3.94. The number of thioether (sulfide) groups is 1. The van der Waals surface area contributed by atoms with E-state index in [2.05, 4.69) is 15.3 Å². The maximum Gasteiger partial charge on any atom is 0.259 e. The zero-order valence-corrected chi connectivity index (χ0v) is 17.5. The highest BCUT2D eigenvalue weighted by Gasteiger charge is 2.42. The SMILES string of the molecule is CC(C)[C@H]1N=C2c3ccccc3N=C(SCC(=O)Nc3ccccc3Cl)N2C1=O. The van der Waals surface area contributed by atoms with Crippen molar-refractivity contribution in [2.24, 2.45) is 15.9 Å². The van der Waals surface area contributed by atoms with Gasteiger partial charge >= 0.3 is 0 Å². The van der Waals surface area contributed by atoms with Crippen molar-refractivity contribution in [1.29, 1.82) is 0 Å². The number of aliphatic imine (C=N–C) groups is 2. The summed E-state index contributed by atoms with van der Waals surface area (Å²) in [6, 6.07) is 14.2. The lowest BCUT2D eigenvalue weighted by Crippen LogP contribution is -2.42. The van der Waals surface area contributed by atoms with Gasteiger partial charge in [0, 0.05) is 5.56 Å². The van der Waals surface area contributed by atoms with Gasteiger partial charge in [-0.05, 0) is 30.2 Å². The first-order valence-electron chi connectivity index (χ1n) is 9.22. The molecular weight excluding hydrogens is 408 g/mol. The van der Waals surface area contributed by atoms with Crippen molar-refractivity contribution in [2.75, 3.05) is 11.1 Å². The molecule has 8 heteroatoms. The van der Waals surface area contributed by atoms with Crippen molar-refractivity contribution in [3.8, 4) is 0 Å². The number of carbonyl (C=O) groups is 2. The maximum atomic E-state index is 13.0. The molecule has 2 aromatic rings. The van der Waals surface area contributed by atoms with Gasteiger partial charge in [-0.15, -0.1) is 0 Å². The molecule has 0 aromatic heterocycles. The molecule has 6 nitrogen and oxygen atoms in total. The molecule has 0 saturated heterocycles. The second-order valence-electron chi connectivity index (χ2n) is 7.04. The van der Waals surface area contributed by atoms with Gasteiger partial charge in [0.1, 0.15) is 11.9 Å². The first-order valence-corrected chi connectivity index (χ1v) is 10.6. The minimum Gasteiger partial charge on any atom is -0.324 e. The van der Waals surface area contributed by atoms with E-state index < -0.39 is 6.04 Å². The second kappa shape index (κ2) is 8.00. The van der Waals surface area contributed by atoms with Crippen molar-refractivity contribution in [2.45, 2.75) is 19.9 Å². The number of amidine groups is 2. The molecule has 2 aliphatic rings. The molecule has 4 rings (SSSR count). The van der Waals surface area contributed by atoms with E-state index >= 15 is 0 Å². The summed E-state index contributed by atoms with van der Waals surface area (Å²) in [6.07, 6.45) is 0. The van der Waals surface area contributed by atoms with Crippen LogP contribution in [0.5, 0.6) is 0 Å². The van der Waals surface area contributed by atoms with Gasteiger partial charge < -0.3 is 5.32 Å². The quantitative estimate of drug-likeness (QED) is 0.790. The third-order valence-electron chi connectivity index (χ3n) is 4.61. The van der Waals surface area contributed by atoms with Crippen molar-refractivity contribution < 1.29 is 9.59 Å². The Morgan fingerprint density at radius 1 is 1.21 bits per heavy atom.